The lowest BCUT2D eigenvalue weighted by atomic mass is 9.74. The molecular formula is C14H22O2. The Morgan fingerprint density at radius 2 is 1.88 bits per heavy atom. The van der Waals surface area contributed by atoms with Gasteiger partial charge in [-0.15, -0.1) is 0 Å². The summed E-state index contributed by atoms with van der Waals surface area (Å²) in [4.78, 5) is 0. The van der Waals surface area contributed by atoms with Crippen molar-refractivity contribution in [3.63, 3.8) is 0 Å². The number of hydrogen-bond donors (Lipinski definition) is 0. The fraction of sp³-hybridized carbons (Fsp3) is 0.857. The molecule has 2 nitrogen and oxygen atoms in total. The number of allylic oxidation sites excluding steroid dienone is 1. The van der Waals surface area contributed by atoms with E-state index in [9.17, 15) is 0 Å². The second-order valence-corrected chi connectivity index (χ2v) is 5.50. The number of fused-ring (bicyclic) bond motifs is 2. The van der Waals surface area contributed by atoms with Crippen molar-refractivity contribution >= 4 is 0 Å². The van der Waals surface area contributed by atoms with Gasteiger partial charge in [0.2, 0.25) is 0 Å². The Kier molecular flexibility index (Phi) is 3.30. The highest BCUT2D eigenvalue weighted by atomic mass is 16.7. The van der Waals surface area contributed by atoms with Crippen LogP contribution in [0.3, 0.4) is 0 Å². The fourth-order valence-electron chi connectivity index (χ4n) is 3.39. The molecule has 3 rings (SSSR count). The maximum Gasteiger partial charge on any atom is 0.163 e. The van der Waals surface area contributed by atoms with Crippen molar-refractivity contribution in [2.45, 2.75) is 51.2 Å². The molecule has 1 saturated heterocycles. The molecule has 0 N–H and O–H groups in total. The van der Waals surface area contributed by atoms with Crippen LogP contribution in [0.2, 0.25) is 0 Å². The van der Waals surface area contributed by atoms with Crippen LogP contribution in [0.1, 0.15) is 44.9 Å². The molecule has 2 aliphatic carbocycles. The van der Waals surface area contributed by atoms with Gasteiger partial charge in [0, 0.05) is 19.1 Å². The predicted octanol–water partition coefficient (Wildman–Crippen LogP) is 3.28. The maximum absolute atomic E-state index is 5.84. The quantitative estimate of drug-likeness (QED) is 0.634. The summed E-state index contributed by atoms with van der Waals surface area (Å²) in [6.45, 7) is 1.77. The molecule has 1 aliphatic heterocycles. The molecule has 0 spiro atoms. The van der Waals surface area contributed by atoms with E-state index in [-0.39, 0.29) is 6.29 Å². The van der Waals surface area contributed by atoms with E-state index in [0.29, 0.717) is 5.92 Å². The molecule has 1 heterocycles. The van der Waals surface area contributed by atoms with Crippen molar-refractivity contribution in [2.75, 3.05) is 13.2 Å². The molecule has 3 aliphatic rings. The zero-order chi connectivity index (χ0) is 10.8. The van der Waals surface area contributed by atoms with Gasteiger partial charge in [0.25, 0.3) is 0 Å². The van der Waals surface area contributed by atoms with E-state index in [1.165, 1.54) is 32.1 Å². The third kappa shape index (κ3) is 2.33. The minimum Gasteiger partial charge on any atom is -0.352 e. The van der Waals surface area contributed by atoms with Gasteiger partial charge in [0.15, 0.2) is 6.29 Å². The van der Waals surface area contributed by atoms with Gasteiger partial charge in [-0.05, 0) is 50.9 Å². The standard InChI is InChI=1S/C14H22O2/c1-2-7-16-14(15-6-1)13-9-11-4-3-5-12(8-11)10-13/h9,12-14H,1-8,10H2. The van der Waals surface area contributed by atoms with Gasteiger partial charge >= 0.3 is 0 Å². The second-order valence-electron chi connectivity index (χ2n) is 5.50. The van der Waals surface area contributed by atoms with E-state index in [4.69, 9.17) is 9.47 Å². The Bertz CT molecular complexity index is 264. The molecule has 2 bridgehead atoms. The maximum atomic E-state index is 5.84. The summed E-state index contributed by atoms with van der Waals surface area (Å²) in [7, 11) is 0. The van der Waals surface area contributed by atoms with Gasteiger partial charge in [0.05, 0.1) is 0 Å². The molecule has 90 valence electrons. The van der Waals surface area contributed by atoms with E-state index in [1.807, 2.05) is 0 Å². The van der Waals surface area contributed by atoms with Crippen LogP contribution in [0.5, 0.6) is 0 Å². The Morgan fingerprint density at radius 3 is 2.62 bits per heavy atom. The van der Waals surface area contributed by atoms with Crippen molar-refractivity contribution in [3.05, 3.63) is 11.6 Å². The summed E-state index contributed by atoms with van der Waals surface area (Å²) in [5.41, 5.74) is 1.67. The normalized spacial score (nSPS) is 36.6. The van der Waals surface area contributed by atoms with Crippen LogP contribution in [-0.2, 0) is 9.47 Å². The lowest BCUT2D eigenvalue weighted by molar-refractivity contribution is -0.153. The highest BCUT2D eigenvalue weighted by Crippen LogP contribution is 2.40. The molecule has 2 fully saturated rings. The summed E-state index contributed by atoms with van der Waals surface area (Å²) >= 11 is 0. The summed E-state index contributed by atoms with van der Waals surface area (Å²) < 4.78 is 11.7. The largest absolute Gasteiger partial charge is 0.352 e. The van der Waals surface area contributed by atoms with E-state index in [2.05, 4.69) is 6.08 Å². The van der Waals surface area contributed by atoms with Gasteiger partial charge in [-0.1, -0.05) is 11.6 Å². The molecule has 0 aromatic heterocycles. The van der Waals surface area contributed by atoms with Crippen LogP contribution in [0.25, 0.3) is 0 Å². The van der Waals surface area contributed by atoms with Gasteiger partial charge < -0.3 is 9.47 Å². The summed E-state index contributed by atoms with van der Waals surface area (Å²) in [6, 6.07) is 0. The number of rotatable bonds is 1. The smallest absolute Gasteiger partial charge is 0.163 e. The van der Waals surface area contributed by atoms with E-state index < -0.39 is 0 Å². The first kappa shape index (κ1) is 10.8. The van der Waals surface area contributed by atoms with Crippen LogP contribution < -0.4 is 0 Å². The Morgan fingerprint density at radius 1 is 1.06 bits per heavy atom. The zero-order valence-corrected chi connectivity index (χ0v) is 9.99. The molecule has 2 heteroatoms. The molecule has 0 radical (unpaired) electrons. The Balaban J connectivity index is 1.69. The lowest BCUT2D eigenvalue weighted by Gasteiger charge is -2.35. The monoisotopic (exact) mass is 222 g/mol. The topological polar surface area (TPSA) is 18.5 Å². The van der Waals surface area contributed by atoms with Gasteiger partial charge in [-0.25, -0.2) is 0 Å². The van der Waals surface area contributed by atoms with E-state index in [0.717, 1.165) is 32.0 Å². The molecule has 2 atom stereocenters. The Hall–Kier alpha value is -0.340. The second kappa shape index (κ2) is 4.89. The van der Waals surface area contributed by atoms with Crippen molar-refractivity contribution in [1.29, 1.82) is 0 Å². The van der Waals surface area contributed by atoms with Crippen molar-refractivity contribution in [3.8, 4) is 0 Å². The minimum atomic E-state index is 0.0541. The van der Waals surface area contributed by atoms with Crippen LogP contribution in [0.15, 0.2) is 11.6 Å². The average Bonchev–Trinajstić information content (AvgIpc) is 2.57. The van der Waals surface area contributed by atoms with Crippen molar-refractivity contribution in [2.24, 2.45) is 11.8 Å². The lowest BCUT2D eigenvalue weighted by Crippen LogP contribution is -2.31. The number of hydrogen-bond acceptors (Lipinski definition) is 2. The van der Waals surface area contributed by atoms with Crippen LogP contribution in [0, 0.1) is 11.8 Å². The minimum absolute atomic E-state index is 0.0541. The van der Waals surface area contributed by atoms with Gasteiger partial charge in [0.1, 0.15) is 0 Å². The molecule has 2 unspecified atom stereocenters. The first-order chi connectivity index (χ1) is 7.92. The average molecular weight is 222 g/mol. The molecule has 16 heavy (non-hydrogen) atoms. The van der Waals surface area contributed by atoms with Gasteiger partial charge in [-0.3, -0.25) is 0 Å². The van der Waals surface area contributed by atoms with Crippen LogP contribution in [-0.4, -0.2) is 19.5 Å². The van der Waals surface area contributed by atoms with E-state index >= 15 is 0 Å². The Labute approximate surface area is 98.0 Å². The highest BCUT2D eigenvalue weighted by molar-refractivity contribution is 5.13. The molecule has 1 saturated carbocycles. The fourth-order valence-corrected chi connectivity index (χ4v) is 3.39. The first-order valence-electron chi connectivity index (χ1n) is 6.84. The van der Waals surface area contributed by atoms with Gasteiger partial charge in [-0.2, -0.15) is 0 Å². The summed E-state index contributed by atoms with van der Waals surface area (Å²) in [6.07, 6.45) is 11.6. The molecular weight excluding hydrogens is 200 g/mol. The summed E-state index contributed by atoms with van der Waals surface area (Å²) in [5, 5.41) is 0. The molecule has 0 amide bonds. The van der Waals surface area contributed by atoms with Crippen LogP contribution >= 0.6 is 0 Å². The first-order valence-corrected chi connectivity index (χ1v) is 6.84. The van der Waals surface area contributed by atoms with Crippen LogP contribution in [0.4, 0.5) is 0 Å². The van der Waals surface area contributed by atoms with Crippen molar-refractivity contribution < 1.29 is 9.47 Å². The molecule has 0 aromatic rings. The van der Waals surface area contributed by atoms with Crippen molar-refractivity contribution in [1.82, 2.24) is 0 Å². The summed E-state index contributed by atoms with van der Waals surface area (Å²) in [5.74, 6) is 1.45. The predicted molar refractivity (Wildman–Crippen MR) is 63.1 cm³/mol. The van der Waals surface area contributed by atoms with E-state index in [1.54, 1.807) is 5.57 Å². The number of ether oxygens (including phenoxy) is 2. The third-order valence-electron chi connectivity index (χ3n) is 4.17. The highest BCUT2D eigenvalue weighted by Gasteiger charge is 2.31. The molecule has 0 aromatic carbocycles. The third-order valence-corrected chi connectivity index (χ3v) is 4.17. The zero-order valence-electron chi connectivity index (χ0n) is 9.99. The SMILES string of the molecule is C1=C2CCCC(C2)CC1C1OCCCCO1.